The Morgan fingerprint density at radius 3 is 2.89 bits per heavy atom. The molecule has 0 aliphatic heterocycles. The van der Waals surface area contributed by atoms with Gasteiger partial charge in [0.1, 0.15) is 10.8 Å². The predicted octanol–water partition coefficient (Wildman–Crippen LogP) is 5.48. The number of benzene rings is 2. The van der Waals surface area contributed by atoms with Crippen molar-refractivity contribution in [2.24, 2.45) is 0 Å². The Kier molecular flexibility index (Phi) is 6.88. The predicted molar refractivity (Wildman–Crippen MR) is 113 cm³/mol. The highest BCUT2D eigenvalue weighted by molar-refractivity contribution is 9.10. The first-order valence-electron chi connectivity index (χ1n) is 8.44. The molecule has 0 saturated heterocycles. The molecular weight excluding hydrogens is 448 g/mol. The zero-order chi connectivity index (χ0) is 19.2. The summed E-state index contributed by atoms with van der Waals surface area (Å²) >= 11 is 11.1. The second-order valence-electron chi connectivity index (χ2n) is 5.76. The van der Waals surface area contributed by atoms with Crippen molar-refractivity contribution in [2.45, 2.75) is 19.9 Å². The van der Waals surface area contributed by atoms with Crippen molar-refractivity contribution in [1.29, 1.82) is 0 Å². The van der Waals surface area contributed by atoms with Crippen molar-refractivity contribution in [3.05, 3.63) is 68.6 Å². The van der Waals surface area contributed by atoms with Crippen molar-refractivity contribution < 1.29 is 9.53 Å². The number of aromatic nitrogens is 1. The maximum absolute atomic E-state index is 12.3. The van der Waals surface area contributed by atoms with Crippen LogP contribution in [-0.4, -0.2) is 17.5 Å². The Balaban J connectivity index is 1.63. The van der Waals surface area contributed by atoms with Gasteiger partial charge in [-0.25, -0.2) is 4.98 Å². The lowest BCUT2D eigenvalue weighted by Crippen LogP contribution is -2.24. The monoisotopic (exact) mass is 464 g/mol. The van der Waals surface area contributed by atoms with E-state index in [4.69, 9.17) is 16.3 Å². The molecule has 1 heterocycles. The van der Waals surface area contributed by atoms with Crippen LogP contribution in [0.15, 0.2) is 52.3 Å². The standard InChI is InChI=1S/C20H18BrClN2O2S/c1-2-26-18-6-4-3-5-16(18)20-24-15(12-27-20)10-19(25)23-11-13-7-8-14(21)9-17(13)22/h3-9,12H,2,10-11H2,1H3,(H,23,25). The van der Waals surface area contributed by atoms with E-state index in [1.807, 2.05) is 54.8 Å². The maximum Gasteiger partial charge on any atom is 0.226 e. The number of ether oxygens (including phenoxy) is 1. The highest BCUT2D eigenvalue weighted by atomic mass is 79.9. The lowest BCUT2D eigenvalue weighted by atomic mass is 10.2. The van der Waals surface area contributed by atoms with Gasteiger partial charge in [0.15, 0.2) is 0 Å². The van der Waals surface area contributed by atoms with Crippen LogP contribution in [0.3, 0.4) is 0 Å². The normalized spacial score (nSPS) is 10.6. The topological polar surface area (TPSA) is 51.2 Å². The van der Waals surface area contributed by atoms with Crippen molar-refractivity contribution in [3.8, 4) is 16.3 Å². The van der Waals surface area contributed by atoms with Crippen LogP contribution in [0.1, 0.15) is 18.2 Å². The molecule has 7 heteroatoms. The van der Waals surface area contributed by atoms with Gasteiger partial charge in [-0.1, -0.05) is 45.7 Å². The Morgan fingerprint density at radius 1 is 1.30 bits per heavy atom. The number of rotatable bonds is 7. The molecular formula is C20H18BrClN2O2S. The van der Waals surface area contributed by atoms with Gasteiger partial charge in [-0.15, -0.1) is 11.3 Å². The Morgan fingerprint density at radius 2 is 2.11 bits per heavy atom. The molecule has 0 aliphatic rings. The second kappa shape index (κ2) is 9.35. The summed E-state index contributed by atoms with van der Waals surface area (Å²) < 4.78 is 6.57. The van der Waals surface area contributed by atoms with Gasteiger partial charge < -0.3 is 10.1 Å². The van der Waals surface area contributed by atoms with Gasteiger partial charge in [-0.3, -0.25) is 4.79 Å². The number of hydrogen-bond donors (Lipinski definition) is 1. The van der Waals surface area contributed by atoms with Gasteiger partial charge in [0.25, 0.3) is 0 Å². The minimum absolute atomic E-state index is 0.0936. The van der Waals surface area contributed by atoms with E-state index < -0.39 is 0 Å². The number of amides is 1. The minimum atomic E-state index is -0.0936. The van der Waals surface area contributed by atoms with Crippen molar-refractivity contribution in [3.63, 3.8) is 0 Å². The summed E-state index contributed by atoms with van der Waals surface area (Å²) in [6, 6.07) is 13.4. The van der Waals surface area contributed by atoms with Crippen LogP contribution in [0.25, 0.3) is 10.6 Å². The fraction of sp³-hybridized carbons (Fsp3) is 0.200. The summed E-state index contributed by atoms with van der Waals surface area (Å²) in [7, 11) is 0. The molecule has 3 rings (SSSR count). The summed E-state index contributed by atoms with van der Waals surface area (Å²) in [6.07, 6.45) is 0.224. The minimum Gasteiger partial charge on any atom is -0.493 e. The number of halogens is 2. The molecule has 0 radical (unpaired) electrons. The van der Waals surface area contributed by atoms with E-state index in [0.29, 0.717) is 18.2 Å². The molecule has 0 saturated carbocycles. The number of para-hydroxylation sites is 1. The average molecular weight is 466 g/mol. The summed E-state index contributed by atoms with van der Waals surface area (Å²) in [5, 5.41) is 6.26. The van der Waals surface area contributed by atoms with Gasteiger partial charge in [0.2, 0.25) is 5.91 Å². The van der Waals surface area contributed by atoms with Crippen LogP contribution in [0.5, 0.6) is 5.75 Å². The quantitative estimate of drug-likeness (QED) is 0.502. The number of thiazole rings is 1. The summed E-state index contributed by atoms with van der Waals surface area (Å²) in [5.41, 5.74) is 2.55. The summed E-state index contributed by atoms with van der Waals surface area (Å²) in [4.78, 5) is 16.8. The van der Waals surface area contributed by atoms with Gasteiger partial charge in [0, 0.05) is 21.4 Å². The van der Waals surface area contributed by atoms with E-state index >= 15 is 0 Å². The fourth-order valence-electron chi connectivity index (χ4n) is 2.52. The third kappa shape index (κ3) is 5.31. The second-order valence-corrected chi connectivity index (χ2v) is 7.94. The van der Waals surface area contributed by atoms with Crippen LogP contribution in [0.2, 0.25) is 5.02 Å². The molecule has 0 unspecified atom stereocenters. The molecule has 1 N–H and O–H groups in total. The Hall–Kier alpha value is -1.89. The first kappa shape index (κ1) is 19.9. The van der Waals surface area contributed by atoms with Gasteiger partial charge in [0.05, 0.1) is 24.3 Å². The SMILES string of the molecule is CCOc1ccccc1-c1nc(CC(=O)NCc2ccc(Br)cc2Cl)cs1. The molecule has 2 aromatic carbocycles. The van der Waals surface area contributed by atoms with Gasteiger partial charge in [-0.2, -0.15) is 0 Å². The van der Waals surface area contributed by atoms with E-state index in [1.54, 1.807) is 0 Å². The number of hydrogen-bond acceptors (Lipinski definition) is 4. The van der Waals surface area contributed by atoms with E-state index in [9.17, 15) is 4.79 Å². The van der Waals surface area contributed by atoms with Crippen LogP contribution in [0, 0.1) is 0 Å². The first-order chi connectivity index (χ1) is 13.1. The van der Waals surface area contributed by atoms with Crippen LogP contribution >= 0.6 is 38.9 Å². The van der Waals surface area contributed by atoms with E-state index in [-0.39, 0.29) is 12.3 Å². The molecule has 3 aromatic rings. The van der Waals surface area contributed by atoms with E-state index in [2.05, 4.69) is 26.2 Å². The molecule has 0 atom stereocenters. The first-order valence-corrected chi connectivity index (χ1v) is 10.5. The third-order valence-electron chi connectivity index (χ3n) is 3.80. The Bertz CT molecular complexity index is 945. The summed E-state index contributed by atoms with van der Waals surface area (Å²) in [5.74, 6) is 0.708. The number of nitrogens with zero attached hydrogens (tertiary/aromatic N) is 1. The number of nitrogens with one attached hydrogen (secondary N) is 1. The lowest BCUT2D eigenvalue weighted by Gasteiger charge is -2.07. The number of carbonyl (C=O) groups excluding carboxylic acids is 1. The number of carbonyl (C=O) groups is 1. The van der Waals surface area contributed by atoms with Crippen LogP contribution < -0.4 is 10.1 Å². The highest BCUT2D eigenvalue weighted by Crippen LogP contribution is 2.32. The van der Waals surface area contributed by atoms with E-state index in [0.717, 1.165) is 32.1 Å². The van der Waals surface area contributed by atoms with Gasteiger partial charge >= 0.3 is 0 Å². The van der Waals surface area contributed by atoms with Crippen molar-refractivity contribution >= 4 is 44.8 Å². The molecule has 0 aliphatic carbocycles. The molecule has 4 nitrogen and oxygen atoms in total. The third-order valence-corrected chi connectivity index (χ3v) is 5.57. The molecule has 140 valence electrons. The molecule has 1 amide bonds. The maximum atomic E-state index is 12.3. The molecule has 0 fully saturated rings. The lowest BCUT2D eigenvalue weighted by molar-refractivity contribution is -0.120. The smallest absolute Gasteiger partial charge is 0.226 e. The van der Waals surface area contributed by atoms with Crippen molar-refractivity contribution in [2.75, 3.05) is 6.61 Å². The molecule has 0 spiro atoms. The molecule has 0 bridgehead atoms. The fourth-order valence-corrected chi connectivity index (χ4v) is 4.11. The molecule has 1 aromatic heterocycles. The van der Waals surface area contributed by atoms with Crippen molar-refractivity contribution in [1.82, 2.24) is 10.3 Å². The van der Waals surface area contributed by atoms with Crippen LogP contribution in [-0.2, 0) is 17.8 Å². The zero-order valence-electron chi connectivity index (χ0n) is 14.7. The molecule has 27 heavy (non-hydrogen) atoms. The highest BCUT2D eigenvalue weighted by Gasteiger charge is 2.12. The van der Waals surface area contributed by atoms with Gasteiger partial charge in [-0.05, 0) is 36.8 Å². The van der Waals surface area contributed by atoms with Crippen LogP contribution in [0.4, 0.5) is 0 Å². The Labute approximate surface area is 175 Å². The largest absolute Gasteiger partial charge is 0.493 e. The summed E-state index contributed by atoms with van der Waals surface area (Å²) in [6.45, 7) is 2.93. The zero-order valence-corrected chi connectivity index (χ0v) is 17.8. The van der Waals surface area contributed by atoms with E-state index in [1.165, 1.54) is 11.3 Å². The average Bonchev–Trinajstić information content (AvgIpc) is 3.10.